The molecule has 1 heterocycles. The largest absolute Gasteiger partial charge is 0.376 e. The molecular weight excluding hydrogens is 308 g/mol. The summed E-state index contributed by atoms with van der Waals surface area (Å²) in [6.07, 6.45) is 2.64. The molecule has 0 saturated carbocycles. The number of rotatable bonds is 4. The van der Waals surface area contributed by atoms with Gasteiger partial charge in [0.05, 0.1) is 12.5 Å². The third kappa shape index (κ3) is 4.27. The number of carbonyl (C=O) groups excluding carboxylic acids is 1. The minimum absolute atomic E-state index is 0.105. The van der Waals surface area contributed by atoms with Crippen molar-refractivity contribution in [2.75, 3.05) is 13.2 Å². The highest BCUT2D eigenvalue weighted by Crippen LogP contribution is 2.18. The lowest BCUT2D eigenvalue weighted by Gasteiger charge is -2.13. The van der Waals surface area contributed by atoms with E-state index in [1.54, 1.807) is 0 Å². The molecule has 1 fully saturated rings. The molecule has 1 aliphatic rings. The van der Waals surface area contributed by atoms with Crippen molar-refractivity contribution in [2.24, 2.45) is 0 Å². The Morgan fingerprint density at radius 2 is 2.04 bits per heavy atom. The molecule has 0 bridgehead atoms. The Balaban J connectivity index is 1.54. The van der Waals surface area contributed by atoms with Gasteiger partial charge in [-0.1, -0.05) is 42.5 Å². The number of benzene rings is 2. The van der Waals surface area contributed by atoms with E-state index in [9.17, 15) is 4.79 Å². The molecule has 0 radical (unpaired) electrons. The van der Waals surface area contributed by atoms with Gasteiger partial charge in [0, 0.05) is 13.2 Å². The molecule has 1 saturated heterocycles. The predicted molar refractivity (Wildman–Crippen MR) is 95.4 cm³/mol. The lowest BCUT2D eigenvalue weighted by molar-refractivity contribution is -0.119. The van der Waals surface area contributed by atoms with Crippen LogP contribution >= 0.6 is 12.2 Å². The van der Waals surface area contributed by atoms with E-state index < -0.39 is 0 Å². The summed E-state index contributed by atoms with van der Waals surface area (Å²) in [6.45, 7) is 1.46. The van der Waals surface area contributed by atoms with E-state index in [1.807, 2.05) is 42.5 Å². The van der Waals surface area contributed by atoms with Crippen molar-refractivity contribution in [3.63, 3.8) is 0 Å². The highest BCUT2D eigenvalue weighted by Gasteiger charge is 2.16. The van der Waals surface area contributed by atoms with Crippen LogP contribution < -0.4 is 10.6 Å². The van der Waals surface area contributed by atoms with Gasteiger partial charge in [-0.15, -0.1) is 0 Å². The van der Waals surface area contributed by atoms with E-state index in [4.69, 9.17) is 17.0 Å². The standard InChI is InChI=1S/C18H20N2O2S/c21-17(20-18(23)19-12-15-8-4-10-22-15)11-14-7-3-6-13-5-1-2-9-16(13)14/h1-3,5-7,9,15H,4,8,10-12H2,(H2,19,20,21,23). The van der Waals surface area contributed by atoms with Crippen molar-refractivity contribution in [3.05, 3.63) is 48.0 Å². The number of nitrogens with one attached hydrogen (secondary N) is 2. The fourth-order valence-corrected chi connectivity index (χ4v) is 3.04. The van der Waals surface area contributed by atoms with Gasteiger partial charge in [0.2, 0.25) is 5.91 Å². The number of hydrogen-bond acceptors (Lipinski definition) is 3. The van der Waals surface area contributed by atoms with Crippen molar-refractivity contribution < 1.29 is 9.53 Å². The first-order valence-electron chi connectivity index (χ1n) is 7.88. The molecule has 1 unspecified atom stereocenters. The number of fused-ring (bicyclic) bond motifs is 1. The van der Waals surface area contributed by atoms with Gasteiger partial charge < -0.3 is 15.4 Å². The van der Waals surface area contributed by atoms with Crippen LogP contribution in [0, 0.1) is 0 Å². The summed E-state index contributed by atoms with van der Waals surface area (Å²) >= 11 is 5.18. The SMILES string of the molecule is O=C(Cc1cccc2ccccc12)NC(=S)NCC1CCCO1. The van der Waals surface area contributed by atoms with E-state index in [1.165, 1.54) is 0 Å². The molecule has 5 heteroatoms. The highest BCUT2D eigenvalue weighted by molar-refractivity contribution is 7.80. The Hall–Kier alpha value is -1.98. The summed E-state index contributed by atoms with van der Waals surface area (Å²) in [7, 11) is 0. The van der Waals surface area contributed by atoms with Crippen LogP contribution in [0.3, 0.4) is 0 Å². The predicted octanol–water partition coefficient (Wildman–Crippen LogP) is 2.55. The van der Waals surface area contributed by atoms with Gasteiger partial charge in [0.15, 0.2) is 5.11 Å². The molecule has 120 valence electrons. The van der Waals surface area contributed by atoms with Crippen LogP contribution in [0.1, 0.15) is 18.4 Å². The number of carbonyl (C=O) groups is 1. The van der Waals surface area contributed by atoms with E-state index in [2.05, 4.69) is 10.6 Å². The molecule has 2 aromatic carbocycles. The van der Waals surface area contributed by atoms with Crippen LogP contribution in [0.4, 0.5) is 0 Å². The normalized spacial score (nSPS) is 17.1. The Bertz CT molecular complexity index is 706. The number of hydrogen-bond donors (Lipinski definition) is 2. The van der Waals surface area contributed by atoms with E-state index in [-0.39, 0.29) is 12.0 Å². The smallest absolute Gasteiger partial charge is 0.230 e. The van der Waals surface area contributed by atoms with Gasteiger partial charge in [-0.3, -0.25) is 4.79 Å². The molecule has 0 spiro atoms. The van der Waals surface area contributed by atoms with Gasteiger partial charge in [-0.25, -0.2) is 0 Å². The minimum atomic E-state index is -0.105. The zero-order chi connectivity index (χ0) is 16.1. The van der Waals surface area contributed by atoms with Crippen molar-refractivity contribution in [1.82, 2.24) is 10.6 Å². The fraction of sp³-hybridized carbons (Fsp3) is 0.333. The topological polar surface area (TPSA) is 50.4 Å². The zero-order valence-corrected chi connectivity index (χ0v) is 13.7. The first-order valence-corrected chi connectivity index (χ1v) is 8.29. The Morgan fingerprint density at radius 1 is 1.22 bits per heavy atom. The Kier molecular flexibility index (Phi) is 5.20. The van der Waals surface area contributed by atoms with Crippen LogP contribution in [0.25, 0.3) is 10.8 Å². The Morgan fingerprint density at radius 3 is 2.87 bits per heavy atom. The number of amides is 1. The molecule has 2 aromatic rings. The van der Waals surface area contributed by atoms with Gasteiger partial charge in [0.1, 0.15) is 0 Å². The summed E-state index contributed by atoms with van der Waals surface area (Å²) < 4.78 is 5.52. The van der Waals surface area contributed by atoms with Gasteiger partial charge in [0.25, 0.3) is 0 Å². The molecule has 0 aliphatic carbocycles. The molecule has 23 heavy (non-hydrogen) atoms. The molecule has 4 nitrogen and oxygen atoms in total. The summed E-state index contributed by atoms with van der Waals surface area (Å²) in [6, 6.07) is 14.1. The number of ether oxygens (including phenoxy) is 1. The minimum Gasteiger partial charge on any atom is -0.376 e. The van der Waals surface area contributed by atoms with Crippen LogP contribution in [0.15, 0.2) is 42.5 Å². The molecule has 1 amide bonds. The third-order valence-electron chi connectivity index (χ3n) is 4.00. The maximum atomic E-state index is 12.2. The second-order valence-electron chi connectivity index (χ2n) is 5.71. The van der Waals surface area contributed by atoms with Crippen LogP contribution in [0.5, 0.6) is 0 Å². The third-order valence-corrected chi connectivity index (χ3v) is 4.24. The number of thiocarbonyl (C=S) groups is 1. The first-order chi connectivity index (χ1) is 11.2. The average molecular weight is 328 g/mol. The maximum Gasteiger partial charge on any atom is 0.230 e. The summed E-state index contributed by atoms with van der Waals surface area (Å²) in [5, 5.41) is 8.40. The summed E-state index contributed by atoms with van der Waals surface area (Å²) in [4.78, 5) is 12.2. The lowest BCUT2D eigenvalue weighted by Crippen LogP contribution is -2.42. The summed E-state index contributed by atoms with van der Waals surface area (Å²) in [5.74, 6) is -0.105. The Labute approximate surface area is 141 Å². The molecule has 1 atom stereocenters. The summed E-state index contributed by atoms with van der Waals surface area (Å²) in [5.41, 5.74) is 1.00. The molecular formula is C18H20N2O2S. The molecule has 1 aliphatic heterocycles. The van der Waals surface area contributed by atoms with Crippen molar-refractivity contribution >= 4 is 34.0 Å². The van der Waals surface area contributed by atoms with Gasteiger partial charge in [-0.05, 0) is 41.4 Å². The van der Waals surface area contributed by atoms with E-state index in [0.717, 1.165) is 35.8 Å². The fourth-order valence-electron chi connectivity index (χ4n) is 2.85. The van der Waals surface area contributed by atoms with E-state index in [0.29, 0.717) is 18.1 Å². The highest BCUT2D eigenvalue weighted by atomic mass is 32.1. The average Bonchev–Trinajstić information content (AvgIpc) is 3.07. The second-order valence-corrected chi connectivity index (χ2v) is 6.12. The second kappa shape index (κ2) is 7.53. The van der Waals surface area contributed by atoms with Crippen LogP contribution in [-0.4, -0.2) is 30.3 Å². The quantitative estimate of drug-likeness (QED) is 0.847. The van der Waals surface area contributed by atoms with Crippen molar-refractivity contribution in [1.29, 1.82) is 0 Å². The first kappa shape index (κ1) is 15.9. The van der Waals surface area contributed by atoms with Crippen molar-refractivity contribution in [3.8, 4) is 0 Å². The molecule has 2 N–H and O–H groups in total. The lowest BCUT2D eigenvalue weighted by atomic mass is 10.0. The monoisotopic (exact) mass is 328 g/mol. The van der Waals surface area contributed by atoms with Gasteiger partial charge >= 0.3 is 0 Å². The van der Waals surface area contributed by atoms with Crippen molar-refractivity contribution in [2.45, 2.75) is 25.4 Å². The van der Waals surface area contributed by atoms with Crippen LogP contribution in [-0.2, 0) is 16.0 Å². The van der Waals surface area contributed by atoms with Gasteiger partial charge in [-0.2, -0.15) is 0 Å². The zero-order valence-electron chi connectivity index (χ0n) is 12.9. The molecule has 3 rings (SSSR count). The maximum absolute atomic E-state index is 12.2. The van der Waals surface area contributed by atoms with E-state index >= 15 is 0 Å². The molecule has 0 aromatic heterocycles. The van der Waals surface area contributed by atoms with Crippen LogP contribution in [0.2, 0.25) is 0 Å².